The summed E-state index contributed by atoms with van der Waals surface area (Å²) in [5.74, 6) is -0.0749. The predicted molar refractivity (Wildman–Crippen MR) is 73.4 cm³/mol. The third-order valence-electron chi connectivity index (χ3n) is 2.66. The summed E-state index contributed by atoms with van der Waals surface area (Å²) in [6.07, 6.45) is 2.42. The Kier molecular flexibility index (Phi) is 3.25. The summed E-state index contributed by atoms with van der Waals surface area (Å²) < 4.78 is -0.268. The van der Waals surface area contributed by atoms with E-state index in [1.165, 1.54) is 0 Å². The normalized spacial score (nSPS) is 26.9. The van der Waals surface area contributed by atoms with Gasteiger partial charge in [0, 0.05) is 4.88 Å². The molecule has 1 aliphatic carbocycles. The fourth-order valence-electron chi connectivity index (χ4n) is 1.29. The highest BCUT2D eigenvalue weighted by molar-refractivity contribution is 9.25. The van der Waals surface area contributed by atoms with E-state index in [1.807, 2.05) is 24.4 Å². The smallest absolute Gasteiger partial charge is 0.248 e. The van der Waals surface area contributed by atoms with Crippen molar-refractivity contribution in [3.8, 4) is 0 Å². The topological polar surface area (TPSA) is 41.5 Å². The third kappa shape index (κ3) is 2.24. The predicted octanol–water partition coefficient (Wildman–Crippen LogP) is 3.09. The second kappa shape index (κ2) is 4.23. The molecule has 1 aromatic rings. The number of carbonyl (C=O) groups excluding carboxylic acids is 1. The second-order valence-electron chi connectivity index (χ2n) is 3.93. The van der Waals surface area contributed by atoms with Crippen LogP contribution in [0.25, 0.3) is 0 Å². The van der Waals surface area contributed by atoms with Crippen LogP contribution in [0.4, 0.5) is 0 Å². The van der Waals surface area contributed by atoms with E-state index in [0.29, 0.717) is 0 Å². The number of amides is 1. The van der Waals surface area contributed by atoms with Crippen LogP contribution in [0, 0.1) is 5.41 Å². The van der Waals surface area contributed by atoms with Crippen LogP contribution < -0.4 is 5.43 Å². The molecule has 2 rings (SSSR count). The Hall–Kier alpha value is -0.200. The summed E-state index contributed by atoms with van der Waals surface area (Å²) in [5, 5.41) is 5.90. The highest BCUT2D eigenvalue weighted by Gasteiger charge is 2.66. The molecule has 1 atom stereocenters. The molecule has 0 aromatic carbocycles. The number of hydrogen-bond donors (Lipinski definition) is 1. The molecule has 1 aliphatic rings. The molecule has 0 radical (unpaired) electrons. The van der Waals surface area contributed by atoms with Crippen molar-refractivity contribution in [1.29, 1.82) is 0 Å². The SMILES string of the molecule is CC1(C(=O)NN=Cc2cccs2)CC1(Br)Br. The van der Waals surface area contributed by atoms with E-state index in [-0.39, 0.29) is 9.14 Å². The van der Waals surface area contributed by atoms with Crippen LogP contribution in [-0.4, -0.2) is 15.4 Å². The largest absolute Gasteiger partial charge is 0.272 e. The van der Waals surface area contributed by atoms with Gasteiger partial charge in [-0.25, -0.2) is 5.43 Å². The van der Waals surface area contributed by atoms with Gasteiger partial charge in [0.05, 0.1) is 14.9 Å². The maximum Gasteiger partial charge on any atom is 0.248 e. The molecular weight excluding hydrogens is 356 g/mol. The van der Waals surface area contributed by atoms with E-state index in [0.717, 1.165) is 11.3 Å². The summed E-state index contributed by atoms with van der Waals surface area (Å²) in [4.78, 5) is 12.8. The van der Waals surface area contributed by atoms with E-state index in [2.05, 4.69) is 42.4 Å². The van der Waals surface area contributed by atoms with Crippen LogP contribution in [0.3, 0.4) is 0 Å². The number of thiophene rings is 1. The zero-order valence-corrected chi connectivity index (χ0v) is 12.5. The van der Waals surface area contributed by atoms with Gasteiger partial charge >= 0.3 is 0 Å². The lowest BCUT2D eigenvalue weighted by Gasteiger charge is -2.09. The lowest BCUT2D eigenvalue weighted by molar-refractivity contribution is -0.125. The second-order valence-corrected chi connectivity index (χ2v) is 8.68. The third-order valence-corrected chi connectivity index (χ3v) is 5.78. The van der Waals surface area contributed by atoms with Crippen molar-refractivity contribution in [3.63, 3.8) is 0 Å². The molecule has 1 fully saturated rings. The summed E-state index contributed by atoms with van der Waals surface area (Å²) in [6.45, 7) is 1.90. The Morgan fingerprint density at radius 1 is 1.69 bits per heavy atom. The maximum atomic E-state index is 11.8. The summed E-state index contributed by atoms with van der Waals surface area (Å²) >= 11 is 8.47. The number of rotatable bonds is 3. The first-order valence-corrected chi connectivity index (χ1v) is 7.17. The van der Waals surface area contributed by atoms with Crippen molar-refractivity contribution in [2.45, 2.75) is 16.6 Å². The van der Waals surface area contributed by atoms with Gasteiger partial charge in [-0.1, -0.05) is 37.9 Å². The first-order valence-electron chi connectivity index (χ1n) is 4.70. The fourth-order valence-corrected chi connectivity index (χ4v) is 3.36. The van der Waals surface area contributed by atoms with Crippen molar-refractivity contribution >= 4 is 55.3 Å². The van der Waals surface area contributed by atoms with Crippen molar-refractivity contribution in [2.24, 2.45) is 10.5 Å². The van der Waals surface area contributed by atoms with Crippen LogP contribution >= 0.6 is 43.2 Å². The molecule has 86 valence electrons. The molecular formula is C10H10Br2N2OS. The molecule has 1 saturated carbocycles. The van der Waals surface area contributed by atoms with E-state index >= 15 is 0 Å². The number of carbonyl (C=O) groups is 1. The van der Waals surface area contributed by atoms with Gasteiger partial charge in [-0.2, -0.15) is 5.10 Å². The molecule has 1 aromatic heterocycles. The first-order chi connectivity index (χ1) is 7.46. The summed E-state index contributed by atoms with van der Waals surface area (Å²) in [6, 6.07) is 3.89. The number of alkyl halides is 2. The molecule has 6 heteroatoms. The molecule has 0 saturated heterocycles. The summed E-state index contributed by atoms with van der Waals surface area (Å²) in [7, 11) is 0. The minimum absolute atomic E-state index is 0.0749. The quantitative estimate of drug-likeness (QED) is 0.499. The van der Waals surface area contributed by atoms with E-state index in [1.54, 1.807) is 17.6 Å². The van der Waals surface area contributed by atoms with Crippen LogP contribution in [0.1, 0.15) is 18.2 Å². The Morgan fingerprint density at radius 2 is 2.38 bits per heavy atom. The highest BCUT2D eigenvalue weighted by Crippen LogP contribution is 2.66. The van der Waals surface area contributed by atoms with Gasteiger partial charge in [-0.15, -0.1) is 11.3 Å². The van der Waals surface area contributed by atoms with E-state index in [9.17, 15) is 4.79 Å². The molecule has 16 heavy (non-hydrogen) atoms. The number of hydrogen-bond acceptors (Lipinski definition) is 3. The van der Waals surface area contributed by atoms with Gasteiger partial charge in [-0.3, -0.25) is 4.79 Å². The Bertz CT molecular complexity index is 430. The average molecular weight is 366 g/mol. The Labute approximate surface area is 115 Å². The van der Waals surface area contributed by atoms with Gasteiger partial charge in [0.15, 0.2) is 0 Å². The van der Waals surface area contributed by atoms with E-state index < -0.39 is 5.41 Å². The zero-order valence-electron chi connectivity index (χ0n) is 8.54. The molecule has 1 heterocycles. The first kappa shape index (κ1) is 12.3. The monoisotopic (exact) mass is 364 g/mol. The molecule has 0 aliphatic heterocycles. The molecule has 1 amide bonds. The van der Waals surface area contributed by atoms with Gasteiger partial charge in [-0.05, 0) is 24.8 Å². The van der Waals surface area contributed by atoms with Crippen molar-refractivity contribution in [2.75, 3.05) is 0 Å². The number of halogens is 2. The Morgan fingerprint density at radius 3 is 2.88 bits per heavy atom. The number of nitrogens with zero attached hydrogens (tertiary/aromatic N) is 1. The standard InChI is InChI=1S/C10H10Br2N2OS/c1-9(6-10(9,11)12)8(15)14-13-5-7-3-2-4-16-7/h2-5H,6H2,1H3,(H,14,15). The highest BCUT2D eigenvalue weighted by atomic mass is 79.9. The molecule has 3 nitrogen and oxygen atoms in total. The van der Waals surface area contributed by atoms with Gasteiger partial charge in [0.1, 0.15) is 0 Å². The Balaban J connectivity index is 1.90. The minimum Gasteiger partial charge on any atom is -0.272 e. The van der Waals surface area contributed by atoms with Crippen LogP contribution in [0.5, 0.6) is 0 Å². The van der Waals surface area contributed by atoms with Gasteiger partial charge in [0.2, 0.25) is 5.91 Å². The molecule has 0 spiro atoms. The zero-order chi connectivity index (χ0) is 11.8. The van der Waals surface area contributed by atoms with E-state index in [4.69, 9.17) is 0 Å². The summed E-state index contributed by atoms with van der Waals surface area (Å²) in [5.41, 5.74) is 2.14. The average Bonchev–Trinajstić information content (AvgIpc) is 2.64. The van der Waals surface area contributed by atoms with Crippen LogP contribution in [0.2, 0.25) is 0 Å². The number of hydrazone groups is 1. The van der Waals surface area contributed by atoms with Crippen molar-refractivity contribution in [1.82, 2.24) is 5.43 Å². The minimum atomic E-state index is -0.417. The van der Waals surface area contributed by atoms with Crippen molar-refractivity contribution < 1.29 is 4.79 Å². The maximum absolute atomic E-state index is 11.8. The van der Waals surface area contributed by atoms with Gasteiger partial charge < -0.3 is 0 Å². The lowest BCUT2D eigenvalue weighted by Crippen LogP contribution is -2.29. The van der Waals surface area contributed by atoms with Crippen molar-refractivity contribution in [3.05, 3.63) is 22.4 Å². The molecule has 0 bridgehead atoms. The lowest BCUT2D eigenvalue weighted by atomic mass is 10.1. The fraction of sp³-hybridized carbons (Fsp3) is 0.400. The van der Waals surface area contributed by atoms with Crippen LogP contribution in [-0.2, 0) is 4.79 Å². The number of nitrogens with one attached hydrogen (secondary N) is 1. The molecule has 1 N–H and O–H groups in total. The van der Waals surface area contributed by atoms with Crippen LogP contribution in [0.15, 0.2) is 22.6 Å². The molecule has 1 unspecified atom stereocenters. The van der Waals surface area contributed by atoms with Gasteiger partial charge in [0.25, 0.3) is 0 Å².